The second-order valence-corrected chi connectivity index (χ2v) is 11.4. The van der Waals surface area contributed by atoms with Crippen molar-refractivity contribution in [2.45, 2.75) is 47.0 Å². The number of amides is 2. The number of carbonyl (C=O) groups is 2. The van der Waals surface area contributed by atoms with E-state index in [-0.39, 0.29) is 11.8 Å². The highest BCUT2D eigenvalue weighted by Crippen LogP contribution is 2.34. The number of rotatable bonds is 12. The van der Waals surface area contributed by atoms with Crippen LogP contribution < -0.4 is 20.1 Å². The van der Waals surface area contributed by atoms with E-state index < -0.39 is 10.8 Å². The van der Waals surface area contributed by atoms with Gasteiger partial charge in [0.25, 0.3) is 0 Å². The van der Waals surface area contributed by atoms with Crippen molar-refractivity contribution >= 4 is 33.6 Å². The molecule has 4 rings (SSSR count). The molecule has 2 aromatic carbocycles. The van der Waals surface area contributed by atoms with Crippen molar-refractivity contribution in [3.05, 3.63) is 59.9 Å². The molecule has 2 aromatic heterocycles. The van der Waals surface area contributed by atoms with Gasteiger partial charge in [-0.3, -0.25) is 9.59 Å². The summed E-state index contributed by atoms with van der Waals surface area (Å²) in [6, 6.07) is 11.8. The molecule has 0 aliphatic rings. The zero-order valence-corrected chi connectivity index (χ0v) is 23.8. The molecular weight excluding hydrogens is 492 g/mol. The second-order valence-electron chi connectivity index (χ2n) is 11.4. The number of benzene rings is 2. The second kappa shape index (κ2) is 11.4. The topological polar surface area (TPSA) is 108 Å². The zero-order valence-electron chi connectivity index (χ0n) is 23.8. The molecule has 0 saturated carbocycles. The maximum atomic E-state index is 13.1. The molecule has 2 amide bonds. The molecule has 0 atom stereocenters. The average molecular weight is 533 g/mol. The predicted octanol–water partition coefficient (Wildman–Crippen LogP) is 5.13. The van der Waals surface area contributed by atoms with Crippen LogP contribution in [0.15, 0.2) is 48.8 Å². The number of aromatic amines is 2. The third kappa shape index (κ3) is 6.38. The molecule has 0 saturated heterocycles. The Morgan fingerprint density at radius 1 is 0.718 bits per heavy atom. The van der Waals surface area contributed by atoms with Crippen molar-refractivity contribution in [3.8, 4) is 11.5 Å². The standard InChI is InChI=1S/C31H40N4O4/c1-30(2,28(36)32-13-11-20-17-34-26-9-7-22(38-5)15-24(20)26)19-31(3,4)29(37)33-14-12-21-18-35-27-10-8-23(39-6)16-25(21)27/h7-10,15-18,34-35H,11-14,19H2,1-6H3,(H,32,36)(H,33,37). The average Bonchev–Trinajstić information content (AvgIpc) is 3.50. The number of methoxy groups -OCH3 is 2. The van der Waals surface area contributed by atoms with E-state index in [9.17, 15) is 9.59 Å². The smallest absolute Gasteiger partial charge is 0.225 e. The molecule has 4 aromatic rings. The number of nitrogens with one attached hydrogen (secondary N) is 4. The summed E-state index contributed by atoms with van der Waals surface area (Å²) in [5, 5.41) is 8.33. The van der Waals surface area contributed by atoms with Gasteiger partial charge in [-0.05, 0) is 66.8 Å². The van der Waals surface area contributed by atoms with Gasteiger partial charge in [0, 0.05) is 58.1 Å². The quantitative estimate of drug-likeness (QED) is 0.203. The first-order valence-electron chi connectivity index (χ1n) is 13.4. The lowest BCUT2D eigenvalue weighted by molar-refractivity contribution is -0.135. The third-order valence-corrected chi connectivity index (χ3v) is 7.42. The summed E-state index contributed by atoms with van der Waals surface area (Å²) in [5.74, 6) is 1.48. The van der Waals surface area contributed by atoms with Crippen molar-refractivity contribution in [1.29, 1.82) is 0 Å². The highest BCUT2D eigenvalue weighted by Gasteiger charge is 2.38. The van der Waals surface area contributed by atoms with Crippen LogP contribution in [0.3, 0.4) is 0 Å². The molecular formula is C31H40N4O4. The van der Waals surface area contributed by atoms with Crippen LogP contribution in [0.25, 0.3) is 21.8 Å². The first kappa shape index (κ1) is 28.1. The molecule has 0 spiro atoms. The van der Waals surface area contributed by atoms with Gasteiger partial charge in [-0.2, -0.15) is 0 Å². The Balaban J connectivity index is 1.28. The van der Waals surface area contributed by atoms with Gasteiger partial charge < -0.3 is 30.1 Å². The van der Waals surface area contributed by atoms with Crippen LogP contribution in [-0.2, 0) is 22.4 Å². The summed E-state index contributed by atoms with van der Waals surface area (Å²) >= 11 is 0. The minimum atomic E-state index is -0.711. The third-order valence-electron chi connectivity index (χ3n) is 7.42. The maximum Gasteiger partial charge on any atom is 0.225 e. The monoisotopic (exact) mass is 532 g/mol. The molecule has 0 fully saturated rings. The Labute approximate surface area is 229 Å². The van der Waals surface area contributed by atoms with Gasteiger partial charge in [0.1, 0.15) is 11.5 Å². The number of hydrogen-bond acceptors (Lipinski definition) is 4. The van der Waals surface area contributed by atoms with E-state index in [0.717, 1.165) is 44.4 Å². The van der Waals surface area contributed by atoms with E-state index in [4.69, 9.17) is 9.47 Å². The number of carbonyl (C=O) groups excluding carboxylic acids is 2. The Morgan fingerprint density at radius 3 is 1.51 bits per heavy atom. The van der Waals surface area contributed by atoms with Gasteiger partial charge in [-0.1, -0.05) is 27.7 Å². The van der Waals surface area contributed by atoms with Crippen LogP contribution in [0, 0.1) is 10.8 Å². The number of fused-ring (bicyclic) bond motifs is 2. The summed E-state index contributed by atoms with van der Waals surface area (Å²) < 4.78 is 10.7. The summed E-state index contributed by atoms with van der Waals surface area (Å²) in [5.41, 5.74) is 2.89. The fourth-order valence-electron chi connectivity index (χ4n) is 5.35. The molecule has 4 N–H and O–H groups in total. The van der Waals surface area contributed by atoms with Crippen LogP contribution in [0.4, 0.5) is 0 Å². The molecule has 0 bridgehead atoms. The normalized spacial score (nSPS) is 12.1. The zero-order chi connectivity index (χ0) is 28.2. The molecule has 208 valence electrons. The highest BCUT2D eigenvalue weighted by molar-refractivity contribution is 5.87. The van der Waals surface area contributed by atoms with E-state index in [1.807, 2.05) is 76.5 Å². The predicted molar refractivity (Wildman–Crippen MR) is 155 cm³/mol. The minimum absolute atomic E-state index is 0.0615. The molecule has 2 heterocycles. The van der Waals surface area contributed by atoms with Gasteiger partial charge in [0.15, 0.2) is 0 Å². The van der Waals surface area contributed by atoms with Crippen molar-refractivity contribution in [2.75, 3.05) is 27.3 Å². The molecule has 39 heavy (non-hydrogen) atoms. The largest absolute Gasteiger partial charge is 0.497 e. The van der Waals surface area contributed by atoms with E-state index in [0.29, 0.717) is 32.4 Å². The fraction of sp³-hybridized carbons (Fsp3) is 0.419. The van der Waals surface area contributed by atoms with Crippen LogP contribution in [0.2, 0.25) is 0 Å². The van der Waals surface area contributed by atoms with Crippen LogP contribution in [0.1, 0.15) is 45.2 Å². The van der Waals surface area contributed by atoms with E-state index in [1.54, 1.807) is 14.2 Å². The van der Waals surface area contributed by atoms with E-state index in [1.165, 1.54) is 0 Å². The van der Waals surface area contributed by atoms with Gasteiger partial charge >= 0.3 is 0 Å². The van der Waals surface area contributed by atoms with Crippen LogP contribution in [-0.4, -0.2) is 49.1 Å². The fourth-order valence-corrected chi connectivity index (χ4v) is 5.35. The number of hydrogen-bond donors (Lipinski definition) is 4. The first-order chi connectivity index (χ1) is 18.5. The van der Waals surface area contributed by atoms with Crippen molar-refractivity contribution in [1.82, 2.24) is 20.6 Å². The summed E-state index contributed by atoms with van der Waals surface area (Å²) in [4.78, 5) is 32.8. The molecule has 0 aliphatic carbocycles. The summed E-state index contributed by atoms with van der Waals surface area (Å²) in [7, 11) is 3.30. The van der Waals surface area contributed by atoms with Crippen molar-refractivity contribution < 1.29 is 19.1 Å². The Bertz CT molecular complexity index is 1350. The van der Waals surface area contributed by atoms with Gasteiger partial charge in [-0.15, -0.1) is 0 Å². The Hall–Kier alpha value is -3.94. The van der Waals surface area contributed by atoms with Gasteiger partial charge in [0.05, 0.1) is 14.2 Å². The lowest BCUT2D eigenvalue weighted by atomic mass is 9.74. The molecule has 8 nitrogen and oxygen atoms in total. The van der Waals surface area contributed by atoms with Gasteiger partial charge in [0.2, 0.25) is 11.8 Å². The molecule has 0 aliphatic heterocycles. The Kier molecular flexibility index (Phi) is 8.23. The number of H-pyrrole nitrogens is 2. The Morgan fingerprint density at radius 2 is 1.13 bits per heavy atom. The lowest BCUT2D eigenvalue weighted by Gasteiger charge is -2.33. The maximum absolute atomic E-state index is 13.1. The SMILES string of the molecule is COc1ccc2[nH]cc(CCNC(=O)C(C)(C)CC(C)(C)C(=O)NCCc3c[nH]c4ccc(OC)cc34)c2c1. The van der Waals surface area contributed by atoms with Crippen molar-refractivity contribution in [3.63, 3.8) is 0 Å². The van der Waals surface area contributed by atoms with E-state index in [2.05, 4.69) is 20.6 Å². The van der Waals surface area contributed by atoms with E-state index >= 15 is 0 Å². The molecule has 0 unspecified atom stereocenters. The summed E-state index contributed by atoms with van der Waals surface area (Å²) in [6.45, 7) is 8.60. The molecule has 0 radical (unpaired) electrons. The van der Waals surface area contributed by atoms with Crippen LogP contribution in [0.5, 0.6) is 11.5 Å². The minimum Gasteiger partial charge on any atom is -0.497 e. The first-order valence-corrected chi connectivity index (χ1v) is 13.4. The number of ether oxygens (including phenoxy) is 2. The van der Waals surface area contributed by atoms with Crippen LogP contribution >= 0.6 is 0 Å². The van der Waals surface area contributed by atoms with Crippen molar-refractivity contribution in [2.24, 2.45) is 10.8 Å². The summed E-state index contributed by atoms with van der Waals surface area (Å²) in [6.07, 6.45) is 5.76. The van der Waals surface area contributed by atoms with Gasteiger partial charge in [-0.25, -0.2) is 0 Å². The lowest BCUT2D eigenvalue weighted by Crippen LogP contribution is -2.45. The molecule has 8 heteroatoms. The number of aromatic nitrogens is 2. The highest BCUT2D eigenvalue weighted by atomic mass is 16.5.